The number of allylic oxidation sites excluding steroid dienone is 1. The van der Waals surface area contributed by atoms with E-state index < -0.39 is 6.10 Å². The third-order valence-corrected chi connectivity index (χ3v) is 5.81. The van der Waals surface area contributed by atoms with Gasteiger partial charge in [-0.1, -0.05) is 43.7 Å². The van der Waals surface area contributed by atoms with E-state index in [4.69, 9.17) is 21.1 Å². The molecule has 3 rings (SSSR count). The van der Waals surface area contributed by atoms with Gasteiger partial charge in [-0.3, -0.25) is 4.79 Å². The summed E-state index contributed by atoms with van der Waals surface area (Å²) in [6.45, 7) is 4.01. The Morgan fingerprint density at radius 2 is 1.90 bits per heavy atom. The summed E-state index contributed by atoms with van der Waals surface area (Å²) in [4.78, 5) is 12.7. The zero-order valence-electron chi connectivity index (χ0n) is 15.7. The first-order valence-corrected chi connectivity index (χ1v) is 10.8. The predicted octanol–water partition coefficient (Wildman–Crippen LogP) is 7.14. The van der Waals surface area contributed by atoms with Crippen molar-refractivity contribution in [1.29, 1.82) is 5.26 Å². The van der Waals surface area contributed by atoms with Crippen LogP contribution in [0.2, 0.25) is 5.02 Å². The molecule has 0 saturated heterocycles. The number of carbonyl (C=O) groups is 1. The van der Waals surface area contributed by atoms with Gasteiger partial charge in [0.05, 0.1) is 9.31 Å². The average molecular weight is 540 g/mol. The Morgan fingerprint density at radius 1 is 1.21 bits per heavy atom. The number of nitriles is 1. The molecule has 0 aromatic heterocycles. The number of hydrogen-bond acceptors (Lipinski definition) is 4. The SMILES string of the molecule is CC1(C)[C@H](C(=O)O[C@H](C#N)c2cccc(Oc3ccc(Cl)cc3)c2)[C@@H]1C=C(Br)Br. The molecule has 2 aromatic rings. The van der Waals surface area contributed by atoms with Gasteiger partial charge in [0.2, 0.25) is 6.10 Å². The van der Waals surface area contributed by atoms with Crippen molar-refractivity contribution in [3.63, 3.8) is 0 Å². The van der Waals surface area contributed by atoms with E-state index in [1.54, 1.807) is 48.5 Å². The van der Waals surface area contributed by atoms with Gasteiger partial charge in [0.1, 0.15) is 17.6 Å². The van der Waals surface area contributed by atoms with E-state index in [0.29, 0.717) is 22.1 Å². The topological polar surface area (TPSA) is 59.3 Å². The van der Waals surface area contributed by atoms with E-state index in [1.807, 2.05) is 19.9 Å². The van der Waals surface area contributed by atoms with Crippen molar-refractivity contribution in [3.8, 4) is 17.6 Å². The summed E-state index contributed by atoms with van der Waals surface area (Å²) in [6.07, 6.45) is 0.929. The molecule has 0 N–H and O–H groups in total. The molecular formula is C22H18Br2ClNO3. The minimum Gasteiger partial charge on any atom is -0.457 e. The largest absolute Gasteiger partial charge is 0.457 e. The summed E-state index contributed by atoms with van der Waals surface area (Å²) in [5.74, 6) is 0.524. The molecule has 0 unspecified atom stereocenters. The fourth-order valence-electron chi connectivity index (χ4n) is 3.31. The first kappa shape index (κ1) is 21.9. The quantitative estimate of drug-likeness (QED) is 0.366. The Hall–Kier alpha value is -1.81. The molecule has 0 spiro atoms. The summed E-state index contributed by atoms with van der Waals surface area (Å²) in [7, 11) is 0. The molecule has 0 amide bonds. The number of benzene rings is 2. The molecule has 4 nitrogen and oxygen atoms in total. The Morgan fingerprint density at radius 3 is 2.52 bits per heavy atom. The summed E-state index contributed by atoms with van der Waals surface area (Å²) >= 11 is 12.6. The van der Waals surface area contributed by atoms with E-state index in [9.17, 15) is 10.1 Å². The van der Waals surface area contributed by atoms with Crippen molar-refractivity contribution in [2.24, 2.45) is 17.3 Å². The fraction of sp³-hybridized carbons (Fsp3) is 0.273. The smallest absolute Gasteiger partial charge is 0.311 e. The molecule has 150 valence electrons. The summed E-state index contributed by atoms with van der Waals surface area (Å²) in [6, 6.07) is 16.0. The van der Waals surface area contributed by atoms with Crippen LogP contribution in [-0.2, 0) is 9.53 Å². The monoisotopic (exact) mass is 537 g/mol. The lowest BCUT2D eigenvalue weighted by Gasteiger charge is -2.13. The molecule has 29 heavy (non-hydrogen) atoms. The van der Waals surface area contributed by atoms with Crippen molar-refractivity contribution >= 4 is 49.4 Å². The van der Waals surface area contributed by atoms with Crippen LogP contribution in [0.4, 0.5) is 0 Å². The van der Waals surface area contributed by atoms with Crippen LogP contribution in [0.5, 0.6) is 11.5 Å². The lowest BCUT2D eigenvalue weighted by Crippen LogP contribution is -2.14. The van der Waals surface area contributed by atoms with Gasteiger partial charge in [0.15, 0.2) is 0 Å². The van der Waals surface area contributed by atoms with Crippen LogP contribution >= 0.6 is 43.5 Å². The van der Waals surface area contributed by atoms with Gasteiger partial charge in [-0.2, -0.15) is 5.26 Å². The second-order valence-corrected chi connectivity index (χ2v) is 10.6. The second kappa shape index (κ2) is 8.91. The van der Waals surface area contributed by atoms with Crippen LogP contribution in [-0.4, -0.2) is 5.97 Å². The highest BCUT2D eigenvalue weighted by molar-refractivity contribution is 9.28. The van der Waals surface area contributed by atoms with Crippen molar-refractivity contribution < 1.29 is 14.3 Å². The highest BCUT2D eigenvalue weighted by Crippen LogP contribution is 2.60. The van der Waals surface area contributed by atoms with Crippen molar-refractivity contribution in [2.45, 2.75) is 20.0 Å². The molecule has 0 bridgehead atoms. The third kappa shape index (κ3) is 5.22. The third-order valence-electron chi connectivity index (χ3n) is 5.03. The molecular weight excluding hydrogens is 522 g/mol. The normalized spacial score (nSPS) is 20.1. The van der Waals surface area contributed by atoms with Gasteiger partial charge < -0.3 is 9.47 Å². The minimum atomic E-state index is -1.01. The minimum absolute atomic E-state index is 0.0441. The summed E-state index contributed by atoms with van der Waals surface area (Å²) in [5, 5.41) is 10.2. The summed E-state index contributed by atoms with van der Waals surface area (Å²) in [5.41, 5.74) is 0.336. The lowest BCUT2D eigenvalue weighted by molar-refractivity contribution is -0.149. The maximum Gasteiger partial charge on any atom is 0.311 e. The predicted molar refractivity (Wildman–Crippen MR) is 119 cm³/mol. The van der Waals surface area contributed by atoms with Crippen LogP contribution in [0.1, 0.15) is 25.5 Å². The number of ether oxygens (including phenoxy) is 2. The van der Waals surface area contributed by atoms with Crippen molar-refractivity contribution in [1.82, 2.24) is 0 Å². The first-order chi connectivity index (χ1) is 13.7. The zero-order chi connectivity index (χ0) is 21.2. The number of nitrogens with zero attached hydrogens (tertiary/aromatic N) is 1. The Kier molecular flexibility index (Phi) is 6.72. The molecule has 1 fully saturated rings. The Balaban J connectivity index is 1.72. The maximum absolute atomic E-state index is 12.7. The van der Waals surface area contributed by atoms with Gasteiger partial charge in [-0.15, -0.1) is 0 Å². The maximum atomic E-state index is 12.7. The average Bonchev–Trinajstić information content (AvgIpc) is 3.21. The number of rotatable bonds is 6. The van der Waals surface area contributed by atoms with Crippen LogP contribution in [0.3, 0.4) is 0 Å². The van der Waals surface area contributed by atoms with Gasteiger partial charge >= 0.3 is 5.97 Å². The van der Waals surface area contributed by atoms with Gasteiger partial charge in [-0.05, 0) is 79.6 Å². The van der Waals surface area contributed by atoms with E-state index in [0.717, 1.165) is 3.39 Å². The lowest BCUT2D eigenvalue weighted by atomic mass is 10.1. The van der Waals surface area contributed by atoms with E-state index in [-0.39, 0.29) is 23.2 Å². The number of esters is 1. The molecule has 0 aliphatic heterocycles. The number of halogens is 3. The fourth-order valence-corrected chi connectivity index (χ4v) is 4.01. The van der Waals surface area contributed by atoms with E-state index >= 15 is 0 Å². The number of carbonyl (C=O) groups excluding carboxylic acids is 1. The van der Waals surface area contributed by atoms with Crippen LogP contribution in [0.15, 0.2) is 58.0 Å². The zero-order valence-corrected chi connectivity index (χ0v) is 19.7. The van der Waals surface area contributed by atoms with Crippen LogP contribution in [0, 0.1) is 28.6 Å². The second-order valence-electron chi connectivity index (χ2n) is 7.36. The van der Waals surface area contributed by atoms with E-state index in [2.05, 4.69) is 37.9 Å². The molecule has 2 aromatic carbocycles. The van der Waals surface area contributed by atoms with Gasteiger partial charge in [0, 0.05) is 10.6 Å². The van der Waals surface area contributed by atoms with E-state index in [1.165, 1.54) is 0 Å². The molecule has 7 heteroatoms. The Bertz CT molecular complexity index is 978. The molecule has 0 radical (unpaired) electrons. The van der Waals surface area contributed by atoms with Crippen LogP contribution in [0.25, 0.3) is 0 Å². The highest BCUT2D eigenvalue weighted by Gasteiger charge is 2.61. The van der Waals surface area contributed by atoms with Gasteiger partial charge in [0.25, 0.3) is 0 Å². The van der Waals surface area contributed by atoms with Crippen LogP contribution < -0.4 is 4.74 Å². The summed E-state index contributed by atoms with van der Waals surface area (Å²) < 4.78 is 12.1. The molecule has 3 atom stereocenters. The molecule has 0 heterocycles. The standard InChI is InChI=1S/C22H18Br2ClNO3/c1-22(2)17(11-19(23)24)20(22)21(27)29-18(12-26)13-4-3-5-16(10-13)28-15-8-6-14(25)7-9-15/h3-11,17-18,20H,1-2H3/t17-,18+,20-/m0/s1. The van der Waals surface area contributed by atoms with Crippen molar-refractivity contribution in [2.75, 3.05) is 0 Å². The van der Waals surface area contributed by atoms with Crippen molar-refractivity contribution in [3.05, 3.63) is 68.6 Å². The van der Waals surface area contributed by atoms with Gasteiger partial charge in [-0.25, -0.2) is 0 Å². The molecule has 1 aliphatic rings. The molecule has 1 saturated carbocycles. The number of hydrogen-bond donors (Lipinski definition) is 0. The molecule has 1 aliphatic carbocycles. The Labute approximate surface area is 191 Å². The first-order valence-electron chi connectivity index (χ1n) is 8.88. The highest BCUT2D eigenvalue weighted by atomic mass is 79.9.